The van der Waals surface area contributed by atoms with Gasteiger partial charge in [-0.2, -0.15) is 0 Å². The molecule has 0 bridgehead atoms. The summed E-state index contributed by atoms with van der Waals surface area (Å²) >= 11 is 5.81. The molecule has 2 N–H and O–H groups in total. The highest BCUT2D eigenvalue weighted by atomic mass is 35.5. The molecule has 0 spiro atoms. The molecule has 4 aromatic rings. The second-order valence-corrected chi connectivity index (χ2v) is 8.36. The summed E-state index contributed by atoms with van der Waals surface area (Å²) in [5.74, 6) is 0.739. The summed E-state index contributed by atoms with van der Waals surface area (Å²) in [6, 6.07) is 19.1. The monoisotopic (exact) mass is 397 g/mol. The van der Waals surface area contributed by atoms with E-state index in [4.69, 9.17) is 11.6 Å². The molecule has 0 radical (unpaired) electrons. The molecular weight excluding hydrogens is 382 g/mol. The number of rotatable bonds is 4. The SMILES string of the molecule is Cc1ccc2nc(-c3ccc(NS(=O)(=O)c4ccc(Cl)cc4)cc3)[nH]c2c1. The smallest absolute Gasteiger partial charge is 0.261 e. The predicted octanol–water partition coefficient (Wildman–Crippen LogP) is 4.99. The van der Waals surface area contributed by atoms with Crippen LogP contribution in [-0.4, -0.2) is 18.4 Å². The molecule has 5 nitrogen and oxygen atoms in total. The first-order valence-electron chi connectivity index (χ1n) is 8.26. The van der Waals surface area contributed by atoms with Crippen LogP contribution in [0.25, 0.3) is 22.4 Å². The number of anilines is 1. The molecule has 0 saturated carbocycles. The number of hydrogen-bond acceptors (Lipinski definition) is 3. The number of imidazole rings is 1. The Morgan fingerprint density at radius 1 is 0.963 bits per heavy atom. The summed E-state index contributed by atoms with van der Waals surface area (Å²) in [4.78, 5) is 8.02. The van der Waals surface area contributed by atoms with E-state index in [2.05, 4.69) is 14.7 Å². The standard InChI is InChI=1S/C20H16ClN3O2S/c1-13-2-11-18-19(12-13)23-20(22-18)14-3-7-16(8-4-14)24-27(25,26)17-9-5-15(21)6-10-17/h2-12,24H,1H3,(H,22,23). The third-order valence-corrected chi connectivity index (χ3v) is 5.82. The summed E-state index contributed by atoms with van der Waals surface area (Å²) in [7, 11) is -3.66. The summed E-state index contributed by atoms with van der Waals surface area (Å²) in [5, 5.41) is 0.485. The fourth-order valence-electron chi connectivity index (χ4n) is 2.78. The molecule has 4 rings (SSSR count). The van der Waals surface area contributed by atoms with Crippen molar-refractivity contribution in [2.75, 3.05) is 4.72 Å². The number of aromatic nitrogens is 2. The molecule has 3 aromatic carbocycles. The summed E-state index contributed by atoms with van der Waals surface area (Å²) in [5.41, 5.74) is 4.37. The zero-order valence-corrected chi connectivity index (χ0v) is 16.0. The van der Waals surface area contributed by atoms with Gasteiger partial charge in [0.2, 0.25) is 0 Å². The van der Waals surface area contributed by atoms with E-state index in [0.29, 0.717) is 10.7 Å². The number of hydrogen-bond donors (Lipinski definition) is 2. The molecule has 0 atom stereocenters. The third-order valence-electron chi connectivity index (χ3n) is 4.17. The number of aromatic amines is 1. The van der Waals surface area contributed by atoms with Crippen LogP contribution < -0.4 is 4.72 Å². The highest BCUT2D eigenvalue weighted by Crippen LogP contribution is 2.24. The minimum Gasteiger partial charge on any atom is -0.338 e. The first-order chi connectivity index (χ1) is 12.9. The van der Waals surface area contributed by atoms with Gasteiger partial charge in [0.05, 0.1) is 15.9 Å². The zero-order valence-electron chi connectivity index (χ0n) is 14.4. The van der Waals surface area contributed by atoms with Crippen molar-refractivity contribution in [3.05, 3.63) is 77.3 Å². The number of sulfonamides is 1. The number of H-pyrrole nitrogens is 1. The van der Waals surface area contributed by atoms with E-state index in [1.54, 1.807) is 24.3 Å². The van der Waals surface area contributed by atoms with Crippen LogP contribution in [0.15, 0.2) is 71.6 Å². The molecule has 0 aliphatic rings. The Kier molecular flexibility index (Phi) is 4.37. The normalized spacial score (nSPS) is 11.6. The van der Waals surface area contributed by atoms with Crippen LogP contribution >= 0.6 is 11.6 Å². The molecule has 0 amide bonds. The summed E-state index contributed by atoms with van der Waals surface area (Å²) < 4.78 is 27.5. The van der Waals surface area contributed by atoms with Crippen molar-refractivity contribution >= 4 is 38.3 Å². The number of fused-ring (bicyclic) bond motifs is 1. The first kappa shape index (κ1) is 17.6. The number of benzene rings is 3. The molecule has 7 heteroatoms. The molecule has 136 valence electrons. The van der Waals surface area contributed by atoms with Gasteiger partial charge in [0.1, 0.15) is 5.82 Å². The van der Waals surface area contributed by atoms with Crippen LogP contribution in [0.5, 0.6) is 0 Å². The lowest BCUT2D eigenvalue weighted by atomic mass is 10.2. The lowest BCUT2D eigenvalue weighted by Crippen LogP contribution is -2.12. The van der Waals surface area contributed by atoms with E-state index in [9.17, 15) is 8.42 Å². The lowest BCUT2D eigenvalue weighted by molar-refractivity contribution is 0.601. The average molecular weight is 398 g/mol. The average Bonchev–Trinajstić information content (AvgIpc) is 3.05. The van der Waals surface area contributed by atoms with Gasteiger partial charge in [-0.3, -0.25) is 4.72 Å². The Balaban J connectivity index is 1.58. The number of nitrogens with one attached hydrogen (secondary N) is 2. The quantitative estimate of drug-likeness (QED) is 0.509. The van der Waals surface area contributed by atoms with Crippen molar-refractivity contribution in [2.24, 2.45) is 0 Å². The molecule has 1 aromatic heterocycles. The van der Waals surface area contributed by atoms with E-state index in [-0.39, 0.29) is 4.90 Å². The van der Waals surface area contributed by atoms with E-state index in [0.717, 1.165) is 28.0 Å². The minimum absolute atomic E-state index is 0.156. The maximum Gasteiger partial charge on any atom is 0.261 e. The van der Waals surface area contributed by atoms with E-state index in [1.165, 1.54) is 12.1 Å². The maximum absolute atomic E-state index is 12.4. The number of halogens is 1. The fraction of sp³-hybridized carbons (Fsp3) is 0.0500. The van der Waals surface area contributed by atoms with E-state index in [1.807, 2.05) is 37.3 Å². The Bertz CT molecular complexity index is 1210. The van der Waals surface area contributed by atoms with E-state index < -0.39 is 10.0 Å². The Morgan fingerprint density at radius 3 is 2.37 bits per heavy atom. The Labute approximate surface area is 162 Å². The van der Waals surface area contributed by atoms with Gasteiger partial charge in [0.25, 0.3) is 10.0 Å². The van der Waals surface area contributed by atoms with Gasteiger partial charge in [-0.05, 0) is 73.2 Å². The predicted molar refractivity (Wildman–Crippen MR) is 109 cm³/mol. The van der Waals surface area contributed by atoms with E-state index >= 15 is 0 Å². The highest BCUT2D eigenvalue weighted by Gasteiger charge is 2.14. The molecular formula is C20H16ClN3O2S. The van der Waals surface area contributed by atoms with Crippen LogP contribution in [0.1, 0.15) is 5.56 Å². The number of aryl methyl sites for hydroxylation is 1. The molecule has 0 unspecified atom stereocenters. The van der Waals surface area contributed by atoms with Gasteiger partial charge in [-0.1, -0.05) is 17.7 Å². The lowest BCUT2D eigenvalue weighted by Gasteiger charge is -2.08. The molecule has 0 saturated heterocycles. The fourth-order valence-corrected chi connectivity index (χ4v) is 3.97. The van der Waals surface area contributed by atoms with Crippen molar-refractivity contribution in [3.63, 3.8) is 0 Å². The summed E-state index contributed by atoms with van der Waals surface area (Å²) in [6.07, 6.45) is 0. The second-order valence-electron chi connectivity index (χ2n) is 6.24. The third kappa shape index (κ3) is 3.67. The van der Waals surface area contributed by atoms with Gasteiger partial charge < -0.3 is 4.98 Å². The van der Waals surface area contributed by atoms with Crippen molar-refractivity contribution in [2.45, 2.75) is 11.8 Å². The van der Waals surface area contributed by atoms with Crippen molar-refractivity contribution < 1.29 is 8.42 Å². The van der Waals surface area contributed by atoms with Crippen LogP contribution in [0.2, 0.25) is 5.02 Å². The van der Waals surface area contributed by atoms with Crippen LogP contribution in [0, 0.1) is 6.92 Å². The van der Waals surface area contributed by atoms with Gasteiger partial charge in [-0.15, -0.1) is 0 Å². The Hall–Kier alpha value is -2.83. The van der Waals surface area contributed by atoms with Crippen molar-refractivity contribution in [1.82, 2.24) is 9.97 Å². The zero-order chi connectivity index (χ0) is 19.0. The van der Waals surface area contributed by atoms with Crippen LogP contribution in [0.4, 0.5) is 5.69 Å². The van der Waals surface area contributed by atoms with Crippen molar-refractivity contribution in [3.8, 4) is 11.4 Å². The van der Waals surface area contributed by atoms with Crippen LogP contribution in [0.3, 0.4) is 0 Å². The largest absolute Gasteiger partial charge is 0.338 e. The van der Waals surface area contributed by atoms with Gasteiger partial charge >= 0.3 is 0 Å². The maximum atomic E-state index is 12.4. The summed E-state index contributed by atoms with van der Waals surface area (Å²) in [6.45, 7) is 2.03. The van der Waals surface area contributed by atoms with Gasteiger partial charge in [0, 0.05) is 16.3 Å². The number of nitrogens with zero attached hydrogens (tertiary/aromatic N) is 1. The molecule has 0 fully saturated rings. The first-order valence-corrected chi connectivity index (χ1v) is 10.1. The second kappa shape index (κ2) is 6.72. The Morgan fingerprint density at radius 2 is 1.67 bits per heavy atom. The molecule has 1 heterocycles. The van der Waals surface area contributed by atoms with Gasteiger partial charge in [-0.25, -0.2) is 13.4 Å². The van der Waals surface area contributed by atoms with Crippen LogP contribution in [-0.2, 0) is 10.0 Å². The molecule has 0 aliphatic heterocycles. The molecule has 0 aliphatic carbocycles. The van der Waals surface area contributed by atoms with Gasteiger partial charge in [0.15, 0.2) is 0 Å². The highest BCUT2D eigenvalue weighted by molar-refractivity contribution is 7.92. The molecule has 27 heavy (non-hydrogen) atoms. The minimum atomic E-state index is -3.66. The topological polar surface area (TPSA) is 74.8 Å². The van der Waals surface area contributed by atoms with Crippen molar-refractivity contribution in [1.29, 1.82) is 0 Å².